The number of esters is 1. The summed E-state index contributed by atoms with van der Waals surface area (Å²) in [5, 5.41) is 3.82. The smallest absolute Gasteiger partial charge is 0.337 e. The molecule has 1 aromatic carbocycles. The van der Waals surface area contributed by atoms with Crippen molar-refractivity contribution >= 4 is 11.9 Å². The molecule has 0 atom stereocenters. The number of ether oxygens (including phenoxy) is 2. The third kappa shape index (κ3) is 2.82. The summed E-state index contributed by atoms with van der Waals surface area (Å²) in [6.07, 6.45) is 2.13. The maximum atomic E-state index is 11.6. The number of primary amides is 1. The topological polar surface area (TPSA) is 118 Å². The Balaban J connectivity index is 1.68. The summed E-state index contributed by atoms with van der Waals surface area (Å²) in [5.41, 5.74) is 5.00. The first-order valence-corrected chi connectivity index (χ1v) is 7.49. The molecule has 1 saturated carbocycles. The molecule has 1 aliphatic rings. The van der Waals surface area contributed by atoms with E-state index in [0.29, 0.717) is 30.0 Å². The summed E-state index contributed by atoms with van der Waals surface area (Å²) < 4.78 is 15.4. The quantitative estimate of drug-likeness (QED) is 0.794. The van der Waals surface area contributed by atoms with E-state index in [4.69, 9.17) is 15.0 Å². The number of aromatic nitrogens is 2. The van der Waals surface area contributed by atoms with Crippen molar-refractivity contribution in [1.29, 1.82) is 0 Å². The van der Waals surface area contributed by atoms with Crippen LogP contribution >= 0.6 is 0 Å². The van der Waals surface area contributed by atoms with Gasteiger partial charge in [-0.3, -0.25) is 4.79 Å². The third-order valence-corrected chi connectivity index (χ3v) is 4.18. The molecule has 1 aromatic heterocycles. The Bertz CT molecular complexity index is 767. The molecule has 1 fully saturated rings. The number of nitrogens with zero attached hydrogens (tertiary/aromatic N) is 2. The van der Waals surface area contributed by atoms with Gasteiger partial charge in [0.05, 0.1) is 12.7 Å². The zero-order valence-electron chi connectivity index (χ0n) is 13.2. The molecule has 24 heavy (non-hydrogen) atoms. The van der Waals surface area contributed by atoms with Gasteiger partial charge in [-0.2, -0.15) is 4.98 Å². The molecule has 8 nitrogen and oxygen atoms in total. The summed E-state index contributed by atoms with van der Waals surface area (Å²) in [6, 6.07) is 6.56. The lowest BCUT2D eigenvalue weighted by Crippen LogP contribution is -2.47. The van der Waals surface area contributed by atoms with Crippen LogP contribution in [0.25, 0.3) is 0 Å². The summed E-state index contributed by atoms with van der Waals surface area (Å²) in [6.45, 7) is 0.0446. The molecule has 2 aromatic rings. The Morgan fingerprint density at radius 2 is 2.17 bits per heavy atom. The van der Waals surface area contributed by atoms with Crippen molar-refractivity contribution in [3.63, 3.8) is 0 Å². The van der Waals surface area contributed by atoms with Gasteiger partial charge in [-0.25, -0.2) is 4.79 Å². The first-order chi connectivity index (χ1) is 11.5. The predicted molar refractivity (Wildman–Crippen MR) is 81.1 cm³/mol. The van der Waals surface area contributed by atoms with Crippen LogP contribution in [0, 0.1) is 0 Å². The van der Waals surface area contributed by atoms with Crippen LogP contribution in [0.15, 0.2) is 28.8 Å². The van der Waals surface area contributed by atoms with E-state index in [9.17, 15) is 9.59 Å². The van der Waals surface area contributed by atoms with E-state index in [1.165, 1.54) is 7.11 Å². The van der Waals surface area contributed by atoms with Gasteiger partial charge in [-0.1, -0.05) is 17.6 Å². The van der Waals surface area contributed by atoms with Crippen molar-refractivity contribution in [3.05, 3.63) is 41.5 Å². The van der Waals surface area contributed by atoms with Crippen LogP contribution in [-0.4, -0.2) is 29.1 Å². The molecule has 0 aliphatic heterocycles. The second-order valence-corrected chi connectivity index (χ2v) is 5.62. The lowest BCUT2D eigenvalue weighted by Gasteiger charge is -2.34. The lowest BCUT2D eigenvalue weighted by molar-refractivity contribution is -0.127. The van der Waals surface area contributed by atoms with E-state index in [0.717, 1.165) is 6.42 Å². The second-order valence-electron chi connectivity index (χ2n) is 5.62. The molecule has 126 valence electrons. The molecule has 2 N–H and O–H groups in total. The Morgan fingerprint density at radius 1 is 1.38 bits per heavy atom. The number of hydrogen-bond acceptors (Lipinski definition) is 7. The summed E-state index contributed by atoms with van der Waals surface area (Å²) in [5.74, 6) is 0.119. The van der Waals surface area contributed by atoms with Gasteiger partial charge >= 0.3 is 5.97 Å². The number of rotatable bonds is 6. The monoisotopic (exact) mass is 331 g/mol. The highest BCUT2D eigenvalue weighted by atomic mass is 16.5. The van der Waals surface area contributed by atoms with Crippen LogP contribution in [0.4, 0.5) is 0 Å². The van der Waals surface area contributed by atoms with Gasteiger partial charge in [0.1, 0.15) is 11.2 Å². The molecule has 0 bridgehead atoms. The summed E-state index contributed by atoms with van der Waals surface area (Å²) in [7, 11) is 1.31. The van der Waals surface area contributed by atoms with E-state index in [2.05, 4.69) is 14.9 Å². The van der Waals surface area contributed by atoms with Crippen molar-refractivity contribution in [2.45, 2.75) is 31.3 Å². The number of amides is 1. The largest absolute Gasteiger partial charge is 0.485 e. The van der Waals surface area contributed by atoms with Crippen LogP contribution in [0.1, 0.15) is 41.3 Å². The number of nitrogens with two attached hydrogens (primary N) is 1. The molecule has 1 amide bonds. The van der Waals surface area contributed by atoms with Gasteiger partial charge in [-0.15, -0.1) is 0 Å². The molecule has 3 rings (SSSR count). The fraction of sp³-hybridized carbons (Fsp3) is 0.375. The van der Waals surface area contributed by atoms with E-state index in [-0.39, 0.29) is 12.5 Å². The normalized spacial score (nSPS) is 15.4. The molecule has 0 spiro atoms. The summed E-state index contributed by atoms with van der Waals surface area (Å²) >= 11 is 0. The van der Waals surface area contributed by atoms with Gasteiger partial charge in [0.2, 0.25) is 17.6 Å². The molecule has 8 heteroatoms. The standard InChI is InChI=1S/C16H17N3O5/c1-22-13(20)10-4-2-5-11(8-10)23-9-12-18-15(24-19-12)16(14(17)21)6-3-7-16/h2,4-5,8H,3,6-7,9H2,1H3,(H2,17,21). The van der Waals surface area contributed by atoms with E-state index >= 15 is 0 Å². The zero-order chi connectivity index (χ0) is 17.2. The van der Waals surface area contributed by atoms with E-state index in [1.807, 2.05) is 0 Å². The molecule has 0 saturated heterocycles. The zero-order valence-corrected chi connectivity index (χ0v) is 13.2. The average molecular weight is 331 g/mol. The Hall–Kier alpha value is -2.90. The molecular weight excluding hydrogens is 314 g/mol. The fourth-order valence-electron chi connectivity index (χ4n) is 2.58. The minimum Gasteiger partial charge on any atom is -0.485 e. The van der Waals surface area contributed by atoms with Crippen molar-refractivity contribution in [3.8, 4) is 5.75 Å². The maximum absolute atomic E-state index is 11.6. The first-order valence-electron chi connectivity index (χ1n) is 7.49. The van der Waals surface area contributed by atoms with Crippen LogP contribution in [0.5, 0.6) is 5.75 Å². The van der Waals surface area contributed by atoms with Crippen LogP contribution in [0.2, 0.25) is 0 Å². The van der Waals surface area contributed by atoms with Crippen molar-refractivity contribution < 1.29 is 23.6 Å². The van der Waals surface area contributed by atoms with Crippen LogP contribution < -0.4 is 10.5 Å². The average Bonchev–Trinajstić information content (AvgIpc) is 3.00. The summed E-state index contributed by atoms with van der Waals surface area (Å²) in [4.78, 5) is 27.4. The van der Waals surface area contributed by atoms with E-state index < -0.39 is 17.3 Å². The highest BCUT2D eigenvalue weighted by Gasteiger charge is 2.49. The highest BCUT2D eigenvalue weighted by Crippen LogP contribution is 2.42. The third-order valence-electron chi connectivity index (χ3n) is 4.18. The maximum Gasteiger partial charge on any atom is 0.337 e. The molecule has 1 heterocycles. The number of carbonyl (C=O) groups excluding carboxylic acids is 2. The van der Waals surface area contributed by atoms with Crippen LogP contribution in [-0.2, 0) is 21.6 Å². The van der Waals surface area contributed by atoms with Crippen molar-refractivity contribution in [1.82, 2.24) is 10.1 Å². The second kappa shape index (κ2) is 6.31. The fourth-order valence-corrected chi connectivity index (χ4v) is 2.58. The number of hydrogen-bond donors (Lipinski definition) is 1. The molecule has 1 aliphatic carbocycles. The Morgan fingerprint density at radius 3 is 2.79 bits per heavy atom. The lowest BCUT2D eigenvalue weighted by atomic mass is 9.68. The minimum atomic E-state index is -0.837. The molecule has 0 radical (unpaired) electrons. The predicted octanol–water partition coefficient (Wildman–Crippen LogP) is 1.34. The molecule has 0 unspecified atom stereocenters. The van der Waals surface area contributed by atoms with Gasteiger partial charge < -0.3 is 19.7 Å². The van der Waals surface area contributed by atoms with Crippen molar-refractivity contribution in [2.75, 3.05) is 7.11 Å². The van der Waals surface area contributed by atoms with Crippen LogP contribution in [0.3, 0.4) is 0 Å². The van der Waals surface area contributed by atoms with Gasteiger partial charge in [-0.05, 0) is 31.0 Å². The van der Waals surface area contributed by atoms with Crippen molar-refractivity contribution in [2.24, 2.45) is 5.73 Å². The SMILES string of the molecule is COC(=O)c1cccc(OCc2noc(C3(C(N)=O)CCC3)n2)c1. The molecular formula is C16H17N3O5. The van der Waals surface area contributed by atoms with E-state index in [1.54, 1.807) is 24.3 Å². The number of benzene rings is 1. The van der Waals surface area contributed by atoms with Gasteiger partial charge in [0.15, 0.2) is 6.61 Å². The minimum absolute atomic E-state index is 0.0446. The number of methoxy groups -OCH3 is 1. The number of carbonyl (C=O) groups is 2. The first kappa shape index (κ1) is 16.0. The Labute approximate surface area is 137 Å². The van der Waals surface area contributed by atoms with Gasteiger partial charge in [0, 0.05) is 0 Å². The Kier molecular flexibility index (Phi) is 4.20. The highest BCUT2D eigenvalue weighted by molar-refractivity contribution is 5.89. The van der Waals surface area contributed by atoms with Gasteiger partial charge in [0.25, 0.3) is 0 Å².